The molecule has 0 heterocycles. The fourth-order valence-corrected chi connectivity index (χ4v) is 1.43. The van der Waals surface area contributed by atoms with Crippen molar-refractivity contribution in [3.8, 4) is 0 Å². The van der Waals surface area contributed by atoms with E-state index in [2.05, 4.69) is 35.6 Å². The van der Waals surface area contributed by atoms with Gasteiger partial charge in [0.15, 0.2) is 0 Å². The van der Waals surface area contributed by atoms with Crippen molar-refractivity contribution in [1.29, 1.82) is 0 Å². The molecule has 0 aromatic heterocycles. The van der Waals surface area contributed by atoms with E-state index >= 15 is 0 Å². The molecule has 0 fully saturated rings. The van der Waals surface area contributed by atoms with Crippen molar-refractivity contribution in [2.75, 3.05) is 0 Å². The molecule has 0 aromatic rings. The Morgan fingerprint density at radius 2 is 2.57 bits per heavy atom. The van der Waals surface area contributed by atoms with Gasteiger partial charge in [0.2, 0.25) is 0 Å². The third kappa shape index (κ3) is 1.18. The van der Waals surface area contributed by atoms with Crippen LogP contribution in [0.2, 0.25) is 0 Å². The lowest BCUT2D eigenvalue weighted by Crippen LogP contribution is -1.88. The lowest BCUT2D eigenvalue weighted by Gasteiger charge is -1.96. The van der Waals surface area contributed by atoms with Crippen LogP contribution in [0.4, 0.5) is 0 Å². The molecule has 0 radical (unpaired) electrons. The number of allylic oxidation sites excluding steroid dienone is 2. The van der Waals surface area contributed by atoms with Gasteiger partial charge in [0.1, 0.15) is 0 Å². The molecule has 0 aromatic carbocycles. The predicted octanol–water partition coefficient (Wildman–Crippen LogP) is 2.53. The second-order valence-electron chi connectivity index (χ2n) is 1.99. The van der Waals surface area contributed by atoms with Crippen LogP contribution in [0.25, 0.3) is 0 Å². The SMILES string of the molecule is CC1=CCC[C@@H]1I. The van der Waals surface area contributed by atoms with Gasteiger partial charge in [-0.1, -0.05) is 34.2 Å². The van der Waals surface area contributed by atoms with E-state index in [0.717, 1.165) is 3.92 Å². The summed E-state index contributed by atoms with van der Waals surface area (Å²) in [5, 5.41) is 0. The minimum Gasteiger partial charge on any atom is -0.0845 e. The summed E-state index contributed by atoms with van der Waals surface area (Å²) in [5.74, 6) is 0. The maximum absolute atomic E-state index is 2.49. The summed E-state index contributed by atoms with van der Waals surface area (Å²) in [7, 11) is 0. The van der Waals surface area contributed by atoms with Crippen LogP contribution in [0.3, 0.4) is 0 Å². The van der Waals surface area contributed by atoms with Crippen molar-refractivity contribution in [2.45, 2.75) is 23.7 Å². The van der Waals surface area contributed by atoms with Gasteiger partial charge in [0, 0.05) is 3.92 Å². The zero-order valence-electron chi connectivity index (χ0n) is 4.45. The highest BCUT2D eigenvalue weighted by Crippen LogP contribution is 2.24. The molecule has 0 saturated heterocycles. The Hall–Kier alpha value is 0.470. The van der Waals surface area contributed by atoms with Crippen molar-refractivity contribution < 1.29 is 0 Å². The van der Waals surface area contributed by atoms with Gasteiger partial charge >= 0.3 is 0 Å². The summed E-state index contributed by atoms with van der Waals surface area (Å²) in [6.45, 7) is 2.21. The van der Waals surface area contributed by atoms with Gasteiger partial charge in [-0.15, -0.1) is 0 Å². The zero-order valence-corrected chi connectivity index (χ0v) is 6.60. The molecule has 0 bridgehead atoms. The summed E-state index contributed by atoms with van der Waals surface area (Å²) >= 11 is 2.49. The van der Waals surface area contributed by atoms with E-state index in [4.69, 9.17) is 0 Å². The van der Waals surface area contributed by atoms with Crippen LogP contribution in [0.1, 0.15) is 19.8 Å². The minimum atomic E-state index is 0.845. The van der Waals surface area contributed by atoms with E-state index in [1.807, 2.05) is 0 Å². The van der Waals surface area contributed by atoms with Gasteiger partial charge in [-0.25, -0.2) is 0 Å². The van der Waals surface area contributed by atoms with Crippen molar-refractivity contribution >= 4 is 22.6 Å². The molecule has 0 nitrogen and oxygen atoms in total. The van der Waals surface area contributed by atoms with Crippen molar-refractivity contribution in [1.82, 2.24) is 0 Å². The Kier molecular flexibility index (Phi) is 1.73. The molecule has 7 heavy (non-hydrogen) atoms. The summed E-state index contributed by atoms with van der Waals surface area (Å²) in [5.41, 5.74) is 1.57. The van der Waals surface area contributed by atoms with Gasteiger partial charge < -0.3 is 0 Å². The van der Waals surface area contributed by atoms with Crippen LogP contribution >= 0.6 is 22.6 Å². The van der Waals surface area contributed by atoms with E-state index in [-0.39, 0.29) is 0 Å². The monoisotopic (exact) mass is 208 g/mol. The molecule has 1 rings (SSSR count). The number of halogens is 1. The fraction of sp³-hybridized carbons (Fsp3) is 0.667. The Morgan fingerprint density at radius 1 is 1.86 bits per heavy atom. The minimum absolute atomic E-state index is 0.845. The van der Waals surface area contributed by atoms with Crippen molar-refractivity contribution in [3.63, 3.8) is 0 Å². The third-order valence-corrected chi connectivity index (χ3v) is 2.99. The Bertz CT molecular complexity index is 94.4. The lowest BCUT2D eigenvalue weighted by atomic mass is 10.3. The van der Waals surface area contributed by atoms with Crippen LogP contribution in [0, 0.1) is 0 Å². The van der Waals surface area contributed by atoms with Gasteiger partial charge in [0.25, 0.3) is 0 Å². The highest BCUT2D eigenvalue weighted by Gasteiger charge is 2.09. The second-order valence-corrected chi connectivity index (χ2v) is 3.50. The van der Waals surface area contributed by atoms with Crippen LogP contribution in [0.15, 0.2) is 11.6 Å². The number of alkyl halides is 1. The molecule has 0 spiro atoms. The summed E-state index contributed by atoms with van der Waals surface area (Å²) in [6.07, 6.45) is 5.00. The predicted molar refractivity (Wildman–Crippen MR) is 40.8 cm³/mol. The first-order valence-corrected chi connectivity index (χ1v) is 3.86. The van der Waals surface area contributed by atoms with E-state index in [1.165, 1.54) is 12.8 Å². The normalized spacial score (nSPS) is 30.6. The molecule has 0 unspecified atom stereocenters. The highest BCUT2D eigenvalue weighted by atomic mass is 127. The molecular weight excluding hydrogens is 199 g/mol. The maximum Gasteiger partial charge on any atom is 0.0319 e. The van der Waals surface area contributed by atoms with E-state index in [1.54, 1.807) is 5.57 Å². The number of hydrogen-bond donors (Lipinski definition) is 0. The average molecular weight is 208 g/mol. The molecule has 0 N–H and O–H groups in total. The molecule has 1 heteroatoms. The third-order valence-electron chi connectivity index (χ3n) is 1.38. The molecule has 1 aliphatic rings. The quantitative estimate of drug-likeness (QED) is 0.326. The van der Waals surface area contributed by atoms with Gasteiger partial charge in [-0.05, 0) is 19.8 Å². The van der Waals surface area contributed by atoms with Crippen molar-refractivity contribution in [2.24, 2.45) is 0 Å². The molecule has 40 valence electrons. The van der Waals surface area contributed by atoms with E-state index < -0.39 is 0 Å². The largest absolute Gasteiger partial charge is 0.0845 e. The number of rotatable bonds is 0. The Labute approximate surface area is 58.1 Å². The molecule has 0 aliphatic heterocycles. The topological polar surface area (TPSA) is 0 Å². The second kappa shape index (κ2) is 2.16. The van der Waals surface area contributed by atoms with Crippen molar-refractivity contribution in [3.05, 3.63) is 11.6 Å². The first-order chi connectivity index (χ1) is 3.30. The zero-order chi connectivity index (χ0) is 5.28. The number of hydrogen-bond acceptors (Lipinski definition) is 0. The average Bonchev–Trinajstić information content (AvgIpc) is 1.91. The fourth-order valence-electron chi connectivity index (χ4n) is 0.813. The molecule has 0 saturated carbocycles. The molecule has 1 atom stereocenters. The molecule has 0 amide bonds. The van der Waals surface area contributed by atoms with E-state index in [0.29, 0.717) is 0 Å². The van der Waals surface area contributed by atoms with Crippen LogP contribution in [-0.2, 0) is 0 Å². The summed E-state index contributed by atoms with van der Waals surface area (Å²) in [4.78, 5) is 0. The Morgan fingerprint density at radius 3 is 2.71 bits per heavy atom. The van der Waals surface area contributed by atoms with Gasteiger partial charge in [-0.2, -0.15) is 0 Å². The first kappa shape index (κ1) is 5.60. The first-order valence-electron chi connectivity index (χ1n) is 2.61. The molecular formula is C6H9I. The van der Waals surface area contributed by atoms with Crippen LogP contribution in [0.5, 0.6) is 0 Å². The van der Waals surface area contributed by atoms with Crippen LogP contribution in [-0.4, -0.2) is 3.92 Å². The van der Waals surface area contributed by atoms with Gasteiger partial charge in [-0.3, -0.25) is 0 Å². The standard InChI is InChI=1S/C6H9I/c1-5-3-2-4-6(5)7/h3,6H,2,4H2,1H3/t6-/m0/s1. The Balaban J connectivity index is 2.54. The summed E-state index contributed by atoms with van der Waals surface area (Å²) in [6, 6.07) is 0. The van der Waals surface area contributed by atoms with E-state index in [9.17, 15) is 0 Å². The summed E-state index contributed by atoms with van der Waals surface area (Å²) < 4.78 is 0.845. The lowest BCUT2D eigenvalue weighted by molar-refractivity contribution is 0.948. The van der Waals surface area contributed by atoms with Crippen LogP contribution < -0.4 is 0 Å². The molecule has 1 aliphatic carbocycles. The highest BCUT2D eigenvalue weighted by molar-refractivity contribution is 14.1. The van der Waals surface area contributed by atoms with Gasteiger partial charge in [0.05, 0.1) is 0 Å². The maximum atomic E-state index is 2.49. The smallest absolute Gasteiger partial charge is 0.0319 e.